The fraction of sp³-hybridized carbons (Fsp3) is 0.545. The maximum atomic E-state index is 5.67. The molecule has 1 aliphatic rings. The predicted molar refractivity (Wildman–Crippen MR) is 69.8 cm³/mol. The lowest BCUT2D eigenvalue weighted by atomic mass is 10.2. The summed E-state index contributed by atoms with van der Waals surface area (Å²) in [6.07, 6.45) is 4.70. The van der Waals surface area contributed by atoms with Crippen LogP contribution in [0.5, 0.6) is 5.75 Å². The van der Waals surface area contributed by atoms with Crippen LogP contribution in [0.15, 0.2) is 24.5 Å². The molecule has 1 aromatic rings. The third-order valence-corrected chi connectivity index (χ3v) is 3.08. The van der Waals surface area contributed by atoms with Gasteiger partial charge in [-0.2, -0.15) is 0 Å². The first-order chi connectivity index (χ1) is 6.77. The first kappa shape index (κ1) is 15.5. The smallest absolute Gasteiger partial charge is 0.137 e. The first-order valence-electron chi connectivity index (χ1n) is 4.98. The van der Waals surface area contributed by atoms with Crippen molar-refractivity contribution < 1.29 is 4.74 Å². The highest BCUT2D eigenvalue weighted by Gasteiger charge is 2.50. The molecule has 0 aromatic carbocycles. The number of nitrogens with zero attached hydrogens (tertiary/aromatic N) is 1. The Morgan fingerprint density at radius 1 is 1.56 bits per heavy atom. The van der Waals surface area contributed by atoms with Gasteiger partial charge in [-0.15, -0.1) is 24.8 Å². The lowest BCUT2D eigenvalue weighted by molar-refractivity contribution is 0.249. The highest BCUT2D eigenvalue weighted by atomic mass is 35.5. The van der Waals surface area contributed by atoms with Crippen LogP contribution in [0.3, 0.4) is 0 Å². The third kappa shape index (κ3) is 3.24. The third-order valence-electron chi connectivity index (χ3n) is 3.08. The van der Waals surface area contributed by atoms with Crippen LogP contribution in [-0.2, 0) is 0 Å². The van der Waals surface area contributed by atoms with Gasteiger partial charge in [-0.3, -0.25) is 4.98 Å². The minimum absolute atomic E-state index is 0. The Kier molecular flexibility index (Phi) is 6.08. The minimum atomic E-state index is 0. The molecule has 0 saturated heterocycles. The fourth-order valence-electron chi connectivity index (χ4n) is 1.75. The van der Waals surface area contributed by atoms with E-state index in [1.807, 2.05) is 19.2 Å². The van der Waals surface area contributed by atoms with Crippen LogP contribution in [0.4, 0.5) is 0 Å². The second-order valence-corrected chi connectivity index (χ2v) is 3.99. The van der Waals surface area contributed by atoms with Gasteiger partial charge in [-0.25, -0.2) is 0 Å². The average Bonchev–Trinajstić information content (AvgIpc) is 2.89. The molecule has 1 aromatic heterocycles. The maximum Gasteiger partial charge on any atom is 0.137 e. The zero-order valence-electron chi connectivity index (χ0n) is 9.47. The number of hydrogen-bond donors (Lipinski definition) is 1. The molecule has 2 unspecified atom stereocenters. The number of hydrogen-bond acceptors (Lipinski definition) is 3. The molecule has 2 rings (SSSR count). The van der Waals surface area contributed by atoms with E-state index in [0.717, 1.165) is 12.4 Å². The van der Waals surface area contributed by atoms with E-state index in [2.05, 4.69) is 17.2 Å². The number of rotatable bonds is 4. The van der Waals surface area contributed by atoms with Gasteiger partial charge in [0.1, 0.15) is 12.4 Å². The monoisotopic (exact) mass is 264 g/mol. The van der Waals surface area contributed by atoms with Crippen molar-refractivity contribution in [3.8, 4) is 5.75 Å². The van der Waals surface area contributed by atoms with E-state index in [-0.39, 0.29) is 30.4 Å². The van der Waals surface area contributed by atoms with Crippen molar-refractivity contribution in [2.75, 3.05) is 13.7 Å². The summed E-state index contributed by atoms with van der Waals surface area (Å²) in [7, 11) is 2.00. The van der Waals surface area contributed by atoms with Gasteiger partial charge in [-0.1, -0.05) is 6.92 Å². The lowest BCUT2D eigenvalue weighted by Gasteiger charge is -2.16. The Balaban J connectivity index is 0.00000112. The van der Waals surface area contributed by atoms with E-state index >= 15 is 0 Å². The average molecular weight is 265 g/mol. The van der Waals surface area contributed by atoms with E-state index in [0.29, 0.717) is 5.92 Å². The fourth-order valence-corrected chi connectivity index (χ4v) is 1.75. The van der Waals surface area contributed by atoms with Crippen LogP contribution in [0, 0.1) is 5.92 Å². The van der Waals surface area contributed by atoms with Crippen LogP contribution in [0.1, 0.15) is 13.3 Å². The molecule has 16 heavy (non-hydrogen) atoms. The van der Waals surface area contributed by atoms with Gasteiger partial charge in [-0.05, 0) is 31.5 Å². The largest absolute Gasteiger partial charge is 0.490 e. The lowest BCUT2D eigenvalue weighted by Crippen LogP contribution is -2.36. The van der Waals surface area contributed by atoms with Gasteiger partial charge in [0.05, 0.1) is 11.7 Å². The molecule has 1 aliphatic carbocycles. The molecular weight excluding hydrogens is 247 g/mol. The normalized spacial score (nSPS) is 26.2. The van der Waals surface area contributed by atoms with Crippen molar-refractivity contribution >= 4 is 24.8 Å². The molecule has 3 nitrogen and oxygen atoms in total. The summed E-state index contributed by atoms with van der Waals surface area (Å²) < 4.78 is 5.67. The summed E-state index contributed by atoms with van der Waals surface area (Å²) in [6, 6.07) is 3.82. The number of aromatic nitrogens is 1. The van der Waals surface area contributed by atoms with E-state index in [4.69, 9.17) is 4.74 Å². The van der Waals surface area contributed by atoms with Crippen molar-refractivity contribution in [2.45, 2.75) is 18.9 Å². The van der Waals surface area contributed by atoms with Crippen LogP contribution in [-0.4, -0.2) is 24.2 Å². The molecule has 0 amide bonds. The van der Waals surface area contributed by atoms with Crippen molar-refractivity contribution in [1.82, 2.24) is 10.3 Å². The number of ether oxygens (including phenoxy) is 1. The molecule has 2 atom stereocenters. The molecule has 1 N–H and O–H groups in total. The van der Waals surface area contributed by atoms with Gasteiger partial charge in [0, 0.05) is 6.20 Å². The van der Waals surface area contributed by atoms with Gasteiger partial charge in [0.15, 0.2) is 0 Å². The molecule has 1 saturated carbocycles. The summed E-state index contributed by atoms with van der Waals surface area (Å²) in [5, 5.41) is 3.33. The van der Waals surface area contributed by atoms with Gasteiger partial charge >= 0.3 is 0 Å². The summed E-state index contributed by atoms with van der Waals surface area (Å²) in [5.41, 5.74) is 0.204. The highest BCUT2D eigenvalue weighted by molar-refractivity contribution is 5.85. The topological polar surface area (TPSA) is 34.1 Å². The van der Waals surface area contributed by atoms with Crippen molar-refractivity contribution in [3.63, 3.8) is 0 Å². The second kappa shape index (κ2) is 6.28. The molecule has 1 heterocycles. The number of likely N-dealkylation sites (N-methyl/N-ethyl adjacent to an activating group) is 1. The van der Waals surface area contributed by atoms with Crippen LogP contribution >= 0.6 is 24.8 Å². The molecule has 0 aliphatic heterocycles. The SMILES string of the molecule is CNC1(COc2cccnc2)CC1C.Cl.Cl. The Hall–Kier alpha value is -0.510. The van der Waals surface area contributed by atoms with E-state index in [1.165, 1.54) is 6.42 Å². The number of halogens is 2. The predicted octanol–water partition coefficient (Wildman–Crippen LogP) is 2.30. The highest BCUT2D eigenvalue weighted by Crippen LogP contribution is 2.42. The number of pyridine rings is 1. The maximum absolute atomic E-state index is 5.67. The van der Waals surface area contributed by atoms with Crippen molar-refractivity contribution in [2.24, 2.45) is 5.92 Å². The van der Waals surface area contributed by atoms with Crippen LogP contribution in [0.2, 0.25) is 0 Å². The van der Waals surface area contributed by atoms with Crippen molar-refractivity contribution in [3.05, 3.63) is 24.5 Å². The molecule has 0 radical (unpaired) electrons. The molecule has 0 bridgehead atoms. The summed E-state index contributed by atoms with van der Waals surface area (Å²) in [6.45, 7) is 2.97. The standard InChI is InChI=1S/C11H16N2O.2ClH/c1-9-6-11(9,12-2)8-14-10-4-3-5-13-7-10;;/h3-5,7,9,12H,6,8H2,1-2H3;2*1H. The van der Waals surface area contributed by atoms with Gasteiger partial charge in [0.25, 0.3) is 0 Å². The first-order valence-corrected chi connectivity index (χ1v) is 4.98. The second-order valence-electron chi connectivity index (χ2n) is 3.99. The molecule has 1 fully saturated rings. The quantitative estimate of drug-likeness (QED) is 0.907. The summed E-state index contributed by atoms with van der Waals surface area (Å²) >= 11 is 0. The zero-order valence-corrected chi connectivity index (χ0v) is 11.1. The molecule has 5 heteroatoms. The molecule has 92 valence electrons. The van der Waals surface area contributed by atoms with E-state index in [1.54, 1.807) is 12.4 Å². The Bertz CT molecular complexity index is 306. The summed E-state index contributed by atoms with van der Waals surface area (Å²) in [4.78, 5) is 4.01. The molecule has 0 spiro atoms. The summed E-state index contributed by atoms with van der Waals surface area (Å²) in [5.74, 6) is 1.56. The Morgan fingerprint density at radius 2 is 2.25 bits per heavy atom. The van der Waals surface area contributed by atoms with Gasteiger partial charge in [0.2, 0.25) is 0 Å². The number of nitrogens with one attached hydrogen (secondary N) is 1. The van der Waals surface area contributed by atoms with Crippen LogP contribution in [0.25, 0.3) is 0 Å². The van der Waals surface area contributed by atoms with Crippen molar-refractivity contribution in [1.29, 1.82) is 0 Å². The van der Waals surface area contributed by atoms with Crippen LogP contribution < -0.4 is 10.1 Å². The Morgan fingerprint density at radius 3 is 2.69 bits per heavy atom. The van der Waals surface area contributed by atoms with Gasteiger partial charge < -0.3 is 10.1 Å². The molecular formula is C11H18Cl2N2O. The Labute approximate surface area is 109 Å². The minimum Gasteiger partial charge on any atom is -0.490 e. The zero-order chi connectivity index (χ0) is 10.0. The van der Waals surface area contributed by atoms with E-state index < -0.39 is 0 Å². The van der Waals surface area contributed by atoms with E-state index in [9.17, 15) is 0 Å².